The number of aromatic nitrogens is 2. The molecule has 1 unspecified atom stereocenters. The van der Waals surface area contributed by atoms with Gasteiger partial charge in [-0.2, -0.15) is 0 Å². The molecule has 0 radical (unpaired) electrons. The van der Waals surface area contributed by atoms with Crippen LogP contribution in [-0.4, -0.2) is 33.5 Å². The van der Waals surface area contributed by atoms with Gasteiger partial charge in [0.1, 0.15) is 11.6 Å². The van der Waals surface area contributed by atoms with Crippen LogP contribution in [0.3, 0.4) is 0 Å². The predicted octanol–water partition coefficient (Wildman–Crippen LogP) is 2.56. The monoisotopic (exact) mass is 299 g/mol. The quantitative estimate of drug-likeness (QED) is 0.875. The molecule has 0 spiro atoms. The molecule has 1 aliphatic rings. The van der Waals surface area contributed by atoms with Crippen molar-refractivity contribution in [3.63, 3.8) is 0 Å². The Morgan fingerprint density at radius 3 is 3.09 bits per heavy atom. The van der Waals surface area contributed by atoms with Gasteiger partial charge in [-0.05, 0) is 38.0 Å². The van der Waals surface area contributed by atoms with Gasteiger partial charge in [-0.25, -0.2) is 4.98 Å². The zero-order valence-corrected chi connectivity index (χ0v) is 13.0. The fourth-order valence-electron chi connectivity index (χ4n) is 2.90. The van der Waals surface area contributed by atoms with Gasteiger partial charge in [0.2, 0.25) is 0 Å². The molecule has 1 aromatic carbocycles. The number of ether oxygens (including phenoxy) is 1. The van der Waals surface area contributed by atoms with Crippen LogP contribution in [0.25, 0.3) is 0 Å². The third-order valence-corrected chi connectivity index (χ3v) is 4.06. The van der Waals surface area contributed by atoms with E-state index in [2.05, 4.69) is 9.55 Å². The molecule has 1 amide bonds. The predicted molar refractivity (Wildman–Crippen MR) is 83.6 cm³/mol. The lowest BCUT2D eigenvalue weighted by Crippen LogP contribution is -2.37. The molecule has 2 aromatic rings. The summed E-state index contributed by atoms with van der Waals surface area (Å²) in [6.07, 6.45) is 4.70. The van der Waals surface area contributed by atoms with Crippen molar-refractivity contribution in [3.05, 3.63) is 48.0 Å². The molecule has 22 heavy (non-hydrogen) atoms. The maximum Gasteiger partial charge on any atom is 0.261 e. The number of carbonyl (C=O) groups excluding carboxylic acids is 1. The van der Waals surface area contributed by atoms with Gasteiger partial charge >= 0.3 is 0 Å². The molecule has 0 bridgehead atoms. The zero-order valence-electron chi connectivity index (χ0n) is 13.0. The first-order chi connectivity index (χ1) is 10.6. The summed E-state index contributed by atoms with van der Waals surface area (Å²) in [5, 5.41) is 0. The number of hydrogen-bond donors (Lipinski definition) is 0. The van der Waals surface area contributed by atoms with E-state index in [9.17, 15) is 4.79 Å². The maximum absolute atomic E-state index is 12.5. The minimum Gasteiger partial charge on any atom is -0.484 e. The van der Waals surface area contributed by atoms with Gasteiger partial charge in [-0.3, -0.25) is 4.79 Å². The molecule has 0 N–H and O–H groups in total. The van der Waals surface area contributed by atoms with E-state index in [-0.39, 0.29) is 18.6 Å². The number of benzene rings is 1. The minimum absolute atomic E-state index is 0.00505. The van der Waals surface area contributed by atoms with Crippen molar-refractivity contribution in [1.29, 1.82) is 0 Å². The largest absolute Gasteiger partial charge is 0.484 e. The summed E-state index contributed by atoms with van der Waals surface area (Å²) >= 11 is 0. The SMILES string of the molecule is Cc1cccc(OCC(=O)N2CCCn3ccnc3C2C)c1. The second-order valence-electron chi connectivity index (χ2n) is 5.70. The highest BCUT2D eigenvalue weighted by Crippen LogP contribution is 2.23. The normalized spacial score (nSPS) is 17.7. The molecule has 0 saturated heterocycles. The number of imidazole rings is 1. The molecule has 116 valence electrons. The summed E-state index contributed by atoms with van der Waals surface area (Å²) in [4.78, 5) is 18.8. The van der Waals surface area contributed by atoms with Crippen molar-refractivity contribution in [2.45, 2.75) is 32.9 Å². The molecule has 0 aliphatic carbocycles. The Morgan fingerprint density at radius 1 is 1.41 bits per heavy atom. The van der Waals surface area contributed by atoms with E-state index >= 15 is 0 Å². The number of amides is 1. The van der Waals surface area contributed by atoms with E-state index in [1.807, 2.05) is 49.2 Å². The molecular weight excluding hydrogens is 278 g/mol. The van der Waals surface area contributed by atoms with E-state index in [0.717, 1.165) is 36.6 Å². The fraction of sp³-hybridized carbons (Fsp3) is 0.412. The van der Waals surface area contributed by atoms with Crippen LogP contribution in [0.5, 0.6) is 5.75 Å². The van der Waals surface area contributed by atoms with Crippen molar-refractivity contribution in [2.75, 3.05) is 13.2 Å². The van der Waals surface area contributed by atoms with Gasteiger partial charge < -0.3 is 14.2 Å². The molecule has 5 heteroatoms. The van der Waals surface area contributed by atoms with Crippen LogP contribution in [0.4, 0.5) is 0 Å². The van der Waals surface area contributed by atoms with E-state index < -0.39 is 0 Å². The zero-order chi connectivity index (χ0) is 15.5. The highest BCUT2D eigenvalue weighted by atomic mass is 16.5. The molecule has 0 saturated carbocycles. The van der Waals surface area contributed by atoms with Crippen LogP contribution in [-0.2, 0) is 11.3 Å². The van der Waals surface area contributed by atoms with Crippen LogP contribution in [0, 0.1) is 6.92 Å². The van der Waals surface area contributed by atoms with Gasteiger partial charge in [-0.15, -0.1) is 0 Å². The van der Waals surface area contributed by atoms with Gasteiger partial charge in [0.05, 0.1) is 6.04 Å². The minimum atomic E-state index is -0.0221. The van der Waals surface area contributed by atoms with E-state index in [1.165, 1.54) is 0 Å². The highest BCUT2D eigenvalue weighted by molar-refractivity contribution is 5.78. The van der Waals surface area contributed by atoms with Crippen LogP contribution in [0.2, 0.25) is 0 Å². The van der Waals surface area contributed by atoms with Crippen LogP contribution >= 0.6 is 0 Å². The first-order valence-electron chi connectivity index (χ1n) is 7.65. The molecule has 1 aromatic heterocycles. The van der Waals surface area contributed by atoms with E-state index in [1.54, 1.807) is 6.20 Å². The lowest BCUT2D eigenvalue weighted by Gasteiger charge is -2.26. The van der Waals surface area contributed by atoms with Crippen molar-refractivity contribution in [1.82, 2.24) is 14.5 Å². The summed E-state index contributed by atoms with van der Waals surface area (Å²) in [7, 11) is 0. The van der Waals surface area contributed by atoms with Crippen molar-refractivity contribution < 1.29 is 9.53 Å². The average Bonchev–Trinajstić information content (AvgIpc) is 2.91. The van der Waals surface area contributed by atoms with Gasteiger partial charge in [0.25, 0.3) is 5.91 Å². The maximum atomic E-state index is 12.5. The second kappa shape index (κ2) is 6.22. The summed E-state index contributed by atoms with van der Waals surface area (Å²) in [6.45, 7) is 5.73. The Hall–Kier alpha value is -2.30. The van der Waals surface area contributed by atoms with E-state index in [0.29, 0.717) is 0 Å². The third-order valence-electron chi connectivity index (χ3n) is 4.06. The Morgan fingerprint density at radius 2 is 2.27 bits per heavy atom. The lowest BCUT2D eigenvalue weighted by atomic mass is 10.2. The number of fused-ring (bicyclic) bond motifs is 1. The standard InChI is InChI=1S/C17H21N3O2/c1-13-5-3-6-15(11-13)22-12-16(21)20-9-4-8-19-10-7-18-17(19)14(20)2/h3,5-7,10-11,14H,4,8-9,12H2,1-2H3. The molecule has 2 heterocycles. The molecular formula is C17H21N3O2. The number of nitrogens with zero attached hydrogens (tertiary/aromatic N) is 3. The van der Waals surface area contributed by atoms with Crippen molar-refractivity contribution in [3.8, 4) is 5.75 Å². The molecule has 1 atom stereocenters. The smallest absolute Gasteiger partial charge is 0.261 e. The topological polar surface area (TPSA) is 47.4 Å². The summed E-state index contributed by atoms with van der Waals surface area (Å²) < 4.78 is 7.77. The first kappa shape index (κ1) is 14.6. The van der Waals surface area contributed by atoms with Crippen LogP contribution < -0.4 is 4.74 Å². The summed E-state index contributed by atoms with van der Waals surface area (Å²) in [6, 6.07) is 7.72. The third kappa shape index (κ3) is 2.98. The Kier molecular flexibility index (Phi) is 4.13. The molecule has 5 nitrogen and oxygen atoms in total. The Balaban J connectivity index is 1.67. The lowest BCUT2D eigenvalue weighted by molar-refractivity contribution is -0.135. The molecule has 1 aliphatic heterocycles. The van der Waals surface area contributed by atoms with Crippen molar-refractivity contribution >= 4 is 5.91 Å². The van der Waals surface area contributed by atoms with Crippen LogP contribution in [0.1, 0.15) is 30.8 Å². The molecule has 0 fully saturated rings. The fourth-order valence-corrected chi connectivity index (χ4v) is 2.90. The number of aryl methyl sites for hydroxylation is 2. The van der Waals surface area contributed by atoms with Crippen molar-refractivity contribution in [2.24, 2.45) is 0 Å². The second-order valence-corrected chi connectivity index (χ2v) is 5.70. The number of rotatable bonds is 3. The number of carbonyl (C=O) groups is 1. The molecule has 3 rings (SSSR count). The number of hydrogen-bond acceptors (Lipinski definition) is 3. The summed E-state index contributed by atoms with van der Waals surface area (Å²) in [5.41, 5.74) is 1.12. The van der Waals surface area contributed by atoms with Gasteiger partial charge in [0, 0.05) is 25.5 Å². The van der Waals surface area contributed by atoms with Gasteiger partial charge in [-0.1, -0.05) is 12.1 Å². The first-order valence-corrected chi connectivity index (χ1v) is 7.65. The van der Waals surface area contributed by atoms with E-state index in [4.69, 9.17) is 4.74 Å². The van der Waals surface area contributed by atoms with Gasteiger partial charge in [0.15, 0.2) is 6.61 Å². The Labute approximate surface area is 130 Å². The Bertz CT molecular complexity index is 665. The summed E-state index contributed by atoms with van der Waals surface area (Å²) in [5.74, 6) is 1.68. The average molecular weight is 299 g/mol. The van der Waals surface area contributed by atoms with Crippen LogP contribution in [0.15, 0.2) is 36.7 Å². The highest BCUT2D eigenvalue weighted by Gasteiger charge is 2.27.